The van der Waals surface area contributed by atoms with Gasteiger partial charge in [-0.2, -0.15) is 0 Å². The van der Waals surface area contributed by atoms with E-state index in [1.165, 1.54) is 0 Å². The van der Waals surface area contributed by atoms with Gasteiger partial charge in [-0.3, -0.25) is 4.57 Å². The number of nitrogens with zero attached hydrogens (tertiary/aromatic N) is 2. The van der Waals surface area contributed by atoms with E-state index in [1.54, 1.807) is 0 Å². The molecule has 0 bridgehead atoms. The van der Waals surface area contributed by atoms with E-state index in [1.807, 2.05) is 17.8 Å². The summed E-state index contributed by atoms with van der Waals surface area (Å²) >= 11 is 0. The van der Waals surface area contributed by atoms with Gasteiger partial charge in [0.15, 0.2) is 0 Å². The summed E-state index contributed by atoms with van der Waals surface area (Å²) in [6, 6.07) is 0. The number of aryl methyl sites for hydroxylation is 2. The molecule has 0 saturated heterocycles. The molecule has 0 aliphatic heterocycles. The SMILES string of the molecule is CCn1cc[n+](C)c1.O=P[O-]. The molecule has 1 aromatic heterocycles. The summed E-state index contributed by atoms with van der Waals surface area (Å²) in [6.07, 6.45) is 6.14. The minimum absolute atomic E-state index is 1.06. The fraction of sp³-hybridized carbons (Fsp3) is 0.500. The third kappa shape index (κ3) is 4.65. The zero-order valence-corrected chi connectivity index (χ0v) is 7.49. The minimum atomic E-state index is -1.08. The van der Waals surface area contributed by atoms with Gasteiger partial charge >= 0.3 is 0 Å². The Kier molecular flexibility index (Phi) is 5.61. The largest absolute Gasteiger partial charge is 0.772 e. The summed E-state index contributed by atoms with van der Waals surface area (Å²) < 4.78 is 12.5. The van der Waals surface area contributed by atoms with Crippen molar-refractivity contribution in [1.29, 1.82) is 0 Å². The lowest BCUT2D eigenvalue weighted by atomic mass is 10.7. The minimum Gasteiger partial charge on any atom is -0.772 e. The van der Waals surface area contributed by atoms with Gasteiger partial charge in [0.05, 0.1) is 22.3 Å². The van der Waals surface area contributed by atoms with Crippen molar-refractivity contribution in [2.24, 2.45) is 7.05 Å². The Morgan fingerprint density at radius 3 is 2.45 bits per heavy atom. The molecule has 0 aromatic carbocycles. The first-order valence-corrected chi connectivity index (χ1v) is 3.93. The average Bonchev–Trinajstić information content (AvgIpc) is 2.37. The molecular weight excluding hydrogens is 163 g/mol. The van der Waals surface area contributed by atoms with E-state index < -0.39 is 8.69 Å². The molecule has 0 amide bonds. The van der Waals surface area contributed by atoms with Crippen LogP contribution in [0.15, 0.2) is 18.7 Å². The van der Waals surface area contributed by atoms with E-state index in [4.69, 9.17) is 9.46 Å². The third-order valence-electron chi connectivity index (χ3n) is 1.19. The van der Waals surface area contributed by atoms with Crippen LogP contribution in [0.1, 0.15) is 6.92 Å². The fourth-order valence-electron chi connectivity index (χ4n) is 0.689. The van der Waals surface area contributed by atoms with E-state index in [9.17, 15) is 0 Å². The Hall–Kier alpha value is -0.730. The van der Waals surface area contributed by atoms with Gasteiger partial charge in [-0.05, 0) is 6.92 Å². The van der Waals surface area contributed by atoms with Gasteiger partial charge in [0.1, 0.15) is 12.4 Å². The molecule has 11 heavy (non-hydrogen) atoms. The maximum atomic E-state index is 8.35. The molecule has 1 heterocycles. The maximum Gasteiger partial charge on any atom is 0.243 e. The Balaban J connectivity index is 0.000000292. The van der Waals surface area contributed by atoms with Crippen molar-refractivity contribution in [3.8, 4) is 0 Å². The second-order valence-corrected chi connectivity index (χ2v) is 2.13. The highest BCUT2D eigenvalue weighted by molar-refractivity contribution is 7.14. The molecule has 0 saturated carbocycles. The van der Waals surface area contributed by atoms with Gasteiger partial charge in [-0.25, -0.2) is 9.13 Å². The zero-order valence-electron chi connectivity index (χ0n) is 6.60. The lowest BCUT2D eigenvalue weighted by molar-refractivity contribution is -0.671. The standard InChI is InChI=1S/C6H11N2.HO2P/c1-3-8-5-4-7(2)6-8;1-3-2/h4-6H,3H2,1-2H3;(H,1,2)/q+1;/p-1. The van der Waals surface area contributed by atoms with Crippen LogP contribution in [0, 0.1) is 0 Å². The van der Waals surface area contributed by atoms with Crippen LogP contribution in [0.2, 0.25) is 0 Å². The molecule has 0 atom stereocenters. The lowest BCUT2D eigenvalue weighted by Crippen LogP contribution is -2.23. The molecule has 0 aliphatic carbocycles. The van der Waals surface area contributed by atoms with E-state index in [-0.39, 0.29) is 0 Å². The first-order chi connectivity index (χ1) is 5.24. The highest BCUT2D eigenvalue weighted by Gasteiger charge is 1.92. The normalized spacial score (nSPS) is 9.00. The Bertz CT molecular complexity index is 212. The smallest absolute Gasteiger partial charge is 0.243 e. The molecule has 0 spiro atoms. The van der Waals surface area contributed by atoms with Crippen molar-refractivity contribution in [2.75, 3.05) is 0 Å². The molecule has 1 aromatic rings. The quantitative estimate of drug-likeness (QED) is 0.440. The molecule has 0 fully saturated rings. The van der Waals surface area contributed by atoms with Crippen LogP contribution < -0.4 is 9.46 Å². The van der Waals surface area contributed by atoms with Crippen molar-refractivity contribution in [3.05, 3.63) is 18.7 Å². The summed E-state index contributed by atoms with van der Waals surface area (Å²) in [5.74, 6) is 0. The van der Waals surface area contributed by atoms with Gasteiger partial charge in [-0.1, -0.05) is 0 Å². The van der Waals surface area contributed by atoms with E-state index in [2.05, 4.69) is 24.0 Å². The Morgan fingerprint density at radius 2 is 2.27 bits per heavy atom. The molecular formula is C6H11N2O2P. The number of aromatic nitrogens is 2. The molecule has 0 aliphatic rings. The first-order valence-electron chi connectivity index (χ1n) is 3.20. The van der Waals surface area contributed by atoms with Gasteiger partial charge in [0.2, 0.25) is 6.33 Å². The summed E-state index contributed by atoms with van der Waals surface area (Å²) in [5.41, 5.74) is 0. The van der Waals surface area contributed by atoms with Crippen LogP contribution in [-0.2, 0) is 18.2 Å². The molecule has 5 heteroatoms. The summed E-state index contributed by atoms with van der Waals surface area (Å²) in [7, 11) is 0.937. The third-order valence-corrected chi connectivity index (χ3v) is 1.19. The van der Waals surface area contributed by atoms with Crippen molar-refractivity contribution in [2.45, 2.75) is 13.5 Å². The highest BCUT2D eigenvalue weighted by Crippen LogP contribution is 1.79. The van der Waals surface area contributed by atoms with E-state index in [0.717, 1.165) is 6.54 Å². The van der Waals surface area contributed by atoms with Crippen molar-refractivity contribution in [1.82, 2.24) is 4.57 Å². The van der Waals surface area contributed by atoms with Gasteiger partial charge in [0, 0.05) is 0 Å². The molecule has 62 valence electrons. The van der Waals surface area contributed by atoms with Crippen LogP contribution in [0.25, 0.3) is 0 Å². The number of hydrogen-bond acceptors (Lipinski definition) is 2. The summed E-state index contributed by atoms with van der Waals surface area (Å²) in [4.78, 5) is 8.35. The predicted molar refractivity (Wildman–Crippen MR) is 38.9 cm³/mol. The fourth-order valence-corrected chi connectivity index (χ4v) is 0.689. The second-order valence-electron chi connectivity index (χ2n) is 1.98. The number of hydrogen-bond donors (Lipinski definition) is 0. The van der Waals surface area contributed by atoms with Crippen LogP contribution in [0.3, 0.4) is 0 Å². The summed E-state index contributed by atoms with van der Waals surface area (Å²) in [6.45, 7) is 3.18. The maximum absolute atomic E-state index is 8.35. The van der Waals surface area contributed by atoms with Crippen LogP contribution in [-0.4, -0.2) is 4.57 Å². The summed E-state index contributed by atoms with van der Waals surface area (Å²) in [5, 5.41) is 0. The zero-order chi connectivity index (χ0) is 8.69. The monoisotopic (exact) mass is 174 g/mol. The van der Waals surface area contributed by atoms with Gasteiger partial charge < -0.3 is 4.89 Å². The van der Waals surface area contributed by atoms with Crippen molar-refractivity contribution >= 4 is 8.69 Å². The second kappa shape index (κ2) is 6.01. The molecule has 0 unspecified atom stereocenters. The first kappa shape index (κ1) is 10.3. The molecule has 4 nitrogen and oxygen atoms in total. The van der Waals surface area contributed by atoms with E-state index in [0.29, 0.717) is 0 Å². The predicted octanol–water partition coefficient (Wildman–Crippen LogP) is -0.114. The molecule has 0 N–H and O–H groups in total. The molecule has 1 rings (SSSR count). The highest BCUT2D eigenvalue weighted by atomic mass is 31.1. The lowest BCUT2D eigenvalue weighted by Gasteiger charge is -1.81. The Morgan fingerprint density at radius 1 is 1.73 bits per heavy atom. The van der Waals surface area contributed by atoms with Crippen LogP contribution >= 0.6 is 8.69 Å². The van der Waals surface area contributed by atoms with Crippen molar-refractivity contribution in [3.63, 3.8) is 0 Å². The van der Waals surface area contributed by atoms with Crippen LogP contribution in [0.4, 0.5) is 0 Å². The van der Waals surface area contributed by atoms with E-state index >= 15 is 0 Å². The number of rotatable bonds is 1. The van der Waals surface area contributed by atoms with Gasteiger partial charge in [0.25, 0.3) is 0 Å². The number of imidazole rings is 1. The topological polar surface area (TPSA) is 48.9 Å². The van der Waals surface area contributed by atoms with Crippen molar-refractivity contribution < 1.29 is 14.0 Å². The average molecular weight is 174 g/mol. The van der Waals surface area contributed by atoms with Crippen LogP contribution in [0.5, 0.6) is 0 Å². The van der Waals surface area contributed by atoms with Gasteiger partial charge in [-0.15, -0.1) is 0 Å². The Labute approximate surface area is 67.4 Å². The molecule has 0 radical (unpaired) electrons.